The fourth-order valence-electron chi connectivity index (χ4n) is 3.07. The Morgan fingerprint density at radius 3 is 2.79 bits per heavy atom. The third-order valence-electron chi connectivity index (χ3n) is 4.19. The van der Waals surface area contributed by atoms with Gasteiger partial charge in [-0.2, -0.15) is 0 Å². The van der Waals surface area contributed by atoms with Crippen LogP contribution in [0.4, 0.5) is 0 Å². The molecule has 0 radical (unpaired) electrons. The molecule has 1 aromatic carbocycles. The van der Waals surface area contributed by atoms with E-state index in [9.17, 15) is 4.79 Å². The van der Waals surface area contributed by atoms with Crippen molar-refractivity contribution in [2.45, 2.75) is 26.3 Å². The number of aliphatic imine (C=N–C) groups is 1. The van der Waals surface area contributed by atoms with Crippen LogP contribution in [-0.2, 0) is 9.53 Å². The molecule has 0 saturated carbocycles. The average molecular weight is 346 g/mol. The highest BCUT2D eigenvalue weighted by Gasteiger charge is 2.37. The van der Waals surface area contributed by atoms with E-state index < -0.39 is 0 Å². The second-order valence-corrected chi connectivity index (χ2v) is 6.75. The van der Waals surface area contributed by atoms with E-state index in [-0.39, 0.29) is 12.0 Å². The first-order chi connectivity index (χ1) is 11.7. The Morgan fingerprint density at radius 1 is 1.38 bits per heavy atom. The van der Waals surface area contributed by atoms with Gasteiger partial charge in [0, 0.05) is 12.3 Å². The molecule has 1 fully saturated rings. The van der Waals surface area contributed by atoms with Crippen molar-refractivity contribution in [2.75, 3.05) is 26.0 Å². The van der Waals surface area contributed by atoms with Crippen molar-refractivity contribution >= 4 is 22.9 Å². The number of rotatable bonds is 4. The number of allylic oxidation sites excluding steroid dienone is 1. The lowest BCUT2D eigenvalue weighted by Gasteiger charge is -2.40. The fraction of sp³-hybridized carbons (Fsp3) is 0.444. The van der Waals surface area contributed by atoms with Gasteiger partial charge in [-0.15, -0.1) is 0 Å². The van der Waals surface area contributed by atoms with Crippen molar-refractivity contribution in [3.8, 4) is 5.75 Å². The minimum Gasteiger partial charge on any atom is -0.497 e. The number of hydrogen-bond donors (Lipinski definition) is 0. The van der Waals surface area contributed by atoms with Gasteiger partial charge in [0.25, 0.3) is 0 Å². The molecular formula is C18H22N2O3S. The summed E-state index contributed by atoms with van der Waals surface area (Å²) >= 11 is 1.75. The first kappa shape index (κ1) is 16.9. The van der Waals surface area contributed by atoms with Gasteiger partial charge in [-0.25, -0.2) is 9.79 Å². The largest absolute Gasteiger partial charge is 0.497 e. The molecule has 24 heavy (non-hydrogen) atoms. The molecule has 5 nitrogen and oxygen atoms in total. The number of benzene rings is 1. The standard InChI is InChI=1S/C18H22N2O3S/c1-4-23-17(21)15-12(2)19-18-20(10-5-11-24-18)16(15)13-6-8-14(22-3)9-7-13/h6-9,16H,4-5,10-11H2,1-3H3. The third-order valence-corrected chi connectivity index (χ3v) is 5.26. The van der Waals surface area contributed by atoms with Crippen molar-refractivity contribution in [3.63, 3.8) is 0 Å². The van der Waals surface area contributed by atoms with E-state index in [4.69, 9.17) is 9.47 Å². The molecule has 0 aliphatic carbocycles. The van der Waals surface area contributed by atoms with E-state index >= 15 is 0 Å². The molecule has 2 aliphatic heterocycles. The van der Waals surface area contributed by atoms with Gasteiger partial charge in [-0.05, 0) is 38.0 Å². The van der Waals surface area contributed by atoms with Crippen molar-refractivity contribution < 1.29 is 14.3 Å². The topological polar surface area (TPSA) is 51.1 Å². The number of thioether (sulfide) groups is 1. The molecule has 0 N–H and O–H groups in total. The maximum Gasteiger partial charge on any atom is 0.338 e. The Labute approximate surface area is 146 Å². The average Bonchev–Trinajstić information content (AvgIpc) is 2.60. The molecule has 0 aromatic heterocycles. The van der Waals surface area contributed by atoms with Gasteiger partial charge in [0.15, 0.2) is 5.17 Å². The van der Waals surface area contributed by atoms with Gasteiger partial charge in [0.1, 0.15) is 5.75 Å². The zero-order valence-corrected chi connectivity index (χ0v) is 15.1. The summed E-state index contributed by atoms with van der Waals surface area (Å²) < 4.78 is 10.6. The van der Waals surface area contributed by atoms with Crippen molar-refractivity contribution in [3.05, 3.63) is 41.1 Å². The number of nitrogens with zero attached hydrogens (tertiary/aromatic N) is 2. The lowest BCUT2D eigenvalue weighted by Crippen LogP contribution is -2.42. The quantitative estimate of drug-likeness (QED) is 0.782. The van der Waals surface area contributed by atoms with E-state index in [1.54, 1.807) is 18.9 Å². The first-order valence-electron chi connectivity index (χ1n) is 8.15. The normalized spacial score (nSPS) is 20.4. The maximum absolute atomic E-state index is 12.6. The molecule has 0 amide bonds. The Morgan fingerprint density at radius 2 is 2.12 bits per heavy atom. The first-order valence-corrected chi connectivity index (χ1v) is 9.14. The minimum atomic E-state index is -0.283. The van der Waals surface area contributed by atoms with Gasteiger partial charge >= 0.3 is 5.97 Å². The zero-order valence-electron chi connectivity index (χ0n) is 14.2. The SMILES string of the molecule is CCOC(=O)C1=C(C)N=C2SCCCN2C1c1ccc(OC)cc1. The number of esters is 1. The van der Waals surface area contributed by atoms with E-state index in [2.05, 4.69) is 9.89 Å². The van der Waals surface area contributed by atoms with Crippen molar-refractivity contribution in [1.29, 1.82) is 0 Å². The van der Waals surface area contributed by atoms with Crippen molar-refractivity contribution in [2.24, 2.45) is 4.99 Å². The summed E-state index contributed by atoms with van der Waals surface area (Å²) in [5, 5.41) is 0.993. The van der Waals surface area contributed by atoms with E-state index in [0.29, 0.717) is 12.2 Å². The van der Waals surface area contributed by atoms with Crippen LogP contribution in [0, 0.1) is 0 Å². The molecule has 128 valence electrons. The minimum absolute atomic E-state index is 0.157. The highest BCUT2D eigenvalue weighted by atomic mass is 32.2. The van der Waals surface area contributed by atoms with E-state index in [1.807, 2.05) is 38.1 Å². The van der Waals surface area contributed by atoms with Gasteiger partial charge in [0.05, 0.1) is 31.0 Å². The van der Waals surface area contributed by atoms with E-state index in [1.165, 1.54) is 0 Å². The van der Waals surface area contributed by atoms with Crippen LogP contribution >= 0.6 is 11.8 Å². The number of ether oxygens (including phenoxy) is 2. The van der Waals surface area contributed by atoms with Crippen LogP contribution in [0.2, 0.25) is 0 Å². The summed E-state index contributed by atoms with van der Waals surface area (Å²) in [4.78, 5) is 19.5. The molecule has 0 bridgehead atoms. The Bertz CT molecular complexity index is 682. The Balaban J connectivity index is 2.06. The lowest BCUT2D eigenvalue weighted by molar-refractivity contribution is -0.139. The lowest BCUT2D eigenvalue weighted by atomic mass is 9.94. The van der Waals surface area contributed by atoms with Crippen LogP contribution in [0.15, 0.2) is 40.5 Å². The summed E-state index contributed by atoms with van der Waals surface area (Å²) in [5.41, 5.74) is 2.43. The second kappa shape index (κ2) is 7.30. The molecular weight excluding hydrogens is 324 g/mol. The highest BCUT2D eigenvalue weighted by Crippen LogP contribution is 2.40. The van der Waals surface area contributed by atoms with Crippen molar-refractivity contribution in [1.82, 2.24) is 4.90 Å². The Kier molecular flexibility index (Phi) is 5.14. The summed E-state index contributed by atoms with van der Waals surface area (Å²) in [6.45, 7) is 4.96. The Hall–Kier alpha value is -1.95. The smallest absolute Gasteiger partial charge is 0.338 e. The zero-order chi connectivity index (χ0) is 17.1. The van der Waals surface area contributed by atoms with E-state index in [0.717, 1.165) is 40.9 Å². The third kappa shape index (κ3) is 3.15. The summed E-state index contributed by atoms with van der Waals surface area (Å²) in [6, 6.07) is 7.72. The molecule has 1 atom stereocenters. The predicted octanol–water partition coefficient (Wildman–Crippen LogP) is 3.38. The molecule has 0 spiro atoms. The van der Waals surface area contributed by atoms with Crippen LogP contribution in [0.3, 0.4) is 0 Å². The van der Waals surface area contributed by atoms with Gasteiger partial charge in [0.2, 0.25) is 0 Å². The van der Waals surface area contributed by atoms with Crippen LogP contribution in [0.1, 0.15) is 31.9 Å². The van der Waals surface area contributed by atoms with Gasteiger partial charge < -0.3 is 14.4 Å². The molecule has 1 saturated heterocycles. The molecule has 6 heteroatoms. The molecule has 2 aliphatic rings. The summed E-state index contributed by atoms with van der Waals surface area (Å²) in [7, 11) is 1.65. The number of methoxy groups -OCH3 is 1. The number of fused-ring (bicyclic) bond motifs is 1. The predicted molar refractivity (Wildman–Crippen MR) is 96.3 cm³/mol. The van der Waals surface area contributed by atoms with Gasteiger partial charge in [-0.3, -0.25) is 0 Å². The number of hydrogen-bond acceptors (Lipinski definition) is 6. The van der Waals surface area contributed by atoms with Crippen LogP contribution in [0.25, 0.3) is 0 Å². The molecule has 1 unspecified atom stereocenters. The number of carbonyl (C=O) groups is 1. The number of carbonyl (C=O) groups excluding carboxylic acids is 1. The second-order valence-electron chi connectivity index (χ2n) is 5.69. The van der Waals surface area contributed by atoms with Crippen LogP contribution in [0.5, 0.6) is 5.75 Å². The fourth-order valence-corrected chi connectivity index (χ4v) is 4.09. The molecule has 2 heterocycles. The maximum atomic E-state index is 12.6. The summed E-state index contributed by atoms with van der Waals surface area (Å²) in [6.07, 6.45) is 1.07. The summed E-state index contributed by atoms with van der Waals surface area (Å²) in [5.74, 6) is 1.58. The number of amidine groups is 1. The highest BCUT2D eigenvalue weighted by molar-refractivity contribution is 8.13. The van der Waals surface area contributed by atoms with Crippen LogP contribution in [-0.4, -0.2) is 42.1 Å². The monoisotopic (exact) mass is 346 g/mol. The molecule has 1 aromatic rings. The van der Waals surface area contributed by atoms with Gasteiger partial charge in [-0.1, -0.05) is 23.9 Å². The van der Waals surface area contributed by atoms with Crippen LogP contribution < -0.4 is 4.74 Å². The molecule has 3 rings (SSSR count).